The van der Waals surface area contributed by atoms with Crippen LogP contribution in [0.2, 0.25) is 0 Å². The summed E-state index contributed by atoms with van der Waals surface area (Å²) in [7, 11) is 2.15. The van der Waals surface area contributed by atoms with Crippen LogP contribution in [-0.2, 0) is 13.0 Å². The van der Waals surface area contributed by atoms with Crippen LogP contribution < -0.4 is 10.2 Å². The van der Waals surface area contributed by atoms with Gasteiger partial charge in [0.15, 0.2) is 0 Å². The van der Waals surface area contributed by atoms with Crippen molar-refractivity contribution in [1.29, 1.82) is 0 Å². The maximum absolute atomic E-state index is 3.70. The molecule has 2 aromatic rings. The maximum atomic E-state index is 3.70. The summed E-state index contributed by atoms with van der Waals surface area (Å²) in [5, 5.41) is 3.35. The van der Waals surface area contributed by atoms with Gasteiger partial charge in [-0.05, 0) is 52.2 Å². The van der Waals surface area contributed by atoms with E-state index in [4.69, 9.17) is 0 Å². The van der Waals surface area contributed by atoms with E-state index in [-0.39, 0.29) is 0 Å². The molecule has 2 aromatic carbocycles. The van der Waals surface area contributed by atoms with E-state index in [1.807, 2.05) is 0 Å². The molecule has 0 amide bonds. The van der Waals surface area contributed by atoms with Crippen molar-refractivity contribution < 1.29 is 0 Å². The van der Waals surface area contributed by atoms with E-state index in [2.05, 4.69) is 88.6 Å². The fraction of sp³-hybridized carbons (Fsp3) is 0.333. The van der Waals surface area contributed by atoms with Crippen LogP contribution in [0.1, 0.15) is 18.1 Å². The summed E-state index contributed by atoms with van der Waals surface area (Å²) in [6.45, 7) is 5.05. The predicted molar refractivity (Wildman–Crippen MR) is 94.9 cm³/mol. The van der Waals surface area contributed by atoms with Gasteiger partial charge in [0.2, 0.25) is 0 Å². The molecule has 0 fully saturated rings. The first-order valence-corrected chi connectivity index (χ1v) is 8.24. The lowest BCUT2D eigenvalue weighted by molar-refractivity contribution is 0.726. The normalized spacial score (nSPS) is 10.6. The van der Waals surface area contributed by atoms with Gasteiger partial charge < -0.3 is 10.2 Å². The topological polar surface area (TPSA) is 15.3 Å². The van der Waals surface area contributed by atoms with Gasteiger partial charge in [0.05, 0.1) is 5.69 Å². The van der Waals surface area contributed by atoms with Gasteiger partial charge in [0, 0.05) is 24.6 Å². The fourth-order valence-corrected chi connectivity index (χ4v) is 3.03. The highest BCUT2D eigenvalue weighted by atomic mass is 79.9. The second kappa shape index (κ2) is 8.20. The molecule has 0 saturated carbocycles. The van der Waals surface area contributed by atoms with Gasteiger partial charge in [-0.2, -0.15) is 0 Å². The van der Waals surface area contributed by atoms with Crippen LogP contribution in [0.3, 0.4) is 0 Å². The number of likely N-dealkylation sites (N-methyl/N-ethyl adjacent to an activating group) is 1. The molecule has 0 aliphatic rings. The summed E-state index contributed by atoms with van der Waals surface area (Å²) in [6, 6.07) is 17.2. The Balaban J connectivity index is 1.97. The first kappa shape index (κ1) is 16.1. The van der Waals surface area contributed by atoms with Crippen molar-refractivity contribution in [3.63, 3.8) is 0 Å². The number of benzene rings is 2. The molecular weight excluding hydrogens is 324 g/mol. The molecule has 0 heterocycles. The van der Waals surface area contributed by atoms with Crippen LogP contribution in [-0.4, -0.2) is 20.1 Å². The van der Waals surface area contributed by atoms with Crippen LogP contribution >= 0.6 is 15.9 Å². The van der Waals surface area contributed by atoms with E-state index in [9.17, 15) is 0 Å². The summed E-state index contributed by atoms with van der Waals surface area (Å²) < 4.78 is 1.16. The maximum Gasteiger partial charge on any atom is 0.0508 e. The second-order valence-electron chi connectivity index (χ2n) is 5.22. The Hall–Kier alpha value is -1.32. The Labute approximate surface area is 136 Å². The molecular formula is C18H23BrN2. The molecule has 0 aliphatic carbocycles. The Morgan fingerprint density at radius 2 is 1.81 bits per heavy atom. The average molecular weight is 347 g/mol. The molecule has 21 heavy (non-hydrogen) atoms. The molecule has 2 rings (SSSR count). The molecule has 1 N–H and O–H groups in total. The molecule has 0 aromatic heterocycles. The van der Waals surface area contributed by atoms with E-state index in [0.717, 1.165) is 30.5 Å². The Kier molecular flexibility index (Phi) is 6.27. The minimum absolute atomic E-state index is 0.920. The molecule has 2 nitrogen and oxygen atoms in total. The summed E-state index contributed by atoms with van der Waals surface area (Å²) in [6.07, 6.45) is 1.06. The first-order chi connectivity index (χ1) is 10.2. The number of nitrogens with zero attached hydrogens (tertiary/aromatic N) is 1. The fourth-order valence-electron chi connectivity index (χ4n) is 2.30. The van der Waals surface area contributed by atoms with Gasteiger partial charge in [-0.1, -0.05) is 43.3 Å². The lowest BCUT2D eigenvalue weighted by Gasteiger charge is -2.21. The quantitative estimate of drug-likeness (QED) is 0.806. The molecule has 0 unspecified atom stereocenters. The van der Waals surface area contributed by atoms with E-state index < -0.39 is 0 Å². The van der Waals surface area contributed by atoms with Crippen LogP contribution in [0, 0.1) is 0 Å². The molecule has 0 saturated heterocycles. The van der Waals surface area contributed by atoms with Crippen LogP contribution in [0.15, 0.2) is 53.0 Å². The van der Waals surface area contributed by atoms with E-state index in [1.54, 1.807) is 0 Å². The monoisotopic (exact) mass is 346 g/mol. The predicted octanol–water partition coefficient (Wildman–Crippen LogP) is 4.24. The summed E-state index contributed by atoms with van der Waals surface area (Å²) in [5.74, 6) is 0. The minimum Gasteiger partial charge on any atom is -0.373 e. The number of nitrogens with one attached hydrogen (secondary N) is 1. The Morgan fingerprint density at radius 3 is 2.48 bits per heavy atom. The van der Waals surface area contributed by atoms with Gasteiger partial charge in [-0.25, -0.2) is 0 Å². The van der Waals surface area contributed by atoms with Crippen LogP contribution in [0.4, 0.5) is 5.69 Å². The highest BCUT2D eigenvalue weighted by Gasteiger charge is 2.07. The zero-order chi connectivity index (χ0) is 15.1. The second-order valence-corrected chi connectivity index (χ2v) is 6.08. The largest absolute Gasteiger partial charge is 0.373 e. The summed E-state index contributed by atoms with van der Waals surface area (Å²) in [5.41, 5.74) is 3.93. The van der Waals surface area contributed by atoms with Gasteiger partial charge in [-0.15, -0.1) is 0 Å². The SMILES string of the molecule is CCNCc1ccc(N(C)CCc2ccccc2)c(Br)c1. The van der Waals surface area contributed by atoms with Crippen LogP contribution in [0.5, 0.6) is 0 Å². The van der Waals surface area contributed by atoms with Gasteiger partial charge in [0.25, 0.3) is 0 Å². The third-order valence-electron chi connectivity index (χ3n) is 3.58. The van der Waals surface area contributed by atoms with Crippen LogP contribution in [0.25, 0.3) is 0 Å². The molecule has 0 radical (unpaired) electrons. The third kappa shape index (κ3) is 4.87. The molecule has 3 heteroatoms. The highest BCUT2D eigenvalue weighted by molar-refractivity contribution is 9.10. The zero-order valence-electron chi connectivity index (χ0n) is 12.8. The molecule has 0 bridgehead atoms. The first-order valence-electron chi connectivity index (χ1n) is 7.45. The minimum atomic E-state index is 0.920. The van der Waals surface area contributed by atoms with Crippen molar-refractivity contribution in [2.75, 3.05) is 25.0 Å². The van der Waals surface area contributed by atoms with Crippen molar-refractivity contribution in [2.45, 2.75) is 19.9 Å². The molecule has 0 spiro atoms. The van der Waals surface area contributed by atoms with Crippen molar-refractivity contribution in [3.05, 3.63) is 64.1 Å². The zero-order valence-corrected chi connectivity index (χ0v) is 14.4. The molecule has 112 valence electrons. The smallest absolute Gasteiger partial charge is 0.0508 e. The van der Waals surface area contributed by atoms with Gasteiger partial charge in [0.1, 0.15) is 0 Å². The van der Waals surface area contributed by atoms with Gasteiger partial charge in [-0.3, -0.25) is 0 Å². The average Bonchev–Trinajstić information content (AvgIpc) is 2.51. The Bertz CT molecular complexity index is 554. The lowest BCUT2D eigenvalue weighted by Crippen LogP contribution is -2.21. The highest BCUT2D eigenvalue weighted by Crippen LogP contribution is 2.26. The molecule has 0 aliphatic heterocycles. The number of hydrogen-bond acceptors (Lipinski definition) is 2. The van der Waals surface area contributed by atoms with Gasteiger partial charge >= 0.3 is 0 Å². The summed E-state index contributed by atoms with van der Waals surface area (Å²) in [4.78, 5) is 2.30. The number of rotatable bonds is 7. The van der Waals surface area contributed by atoms with Crippen molar-refractivity contribution in [1.82, 2.24) is 5.32 Å². The number of anilines is 1. The van der Waals surface area contributed by atoms with Crippen molar-refractivity contribution in [3.8, 4) is 0 Å². The standard InChI is InChI=1S/C18H23BrN2/c1-3-20-14-16-9-10-18(17(19)13-16)21(2)12-11-15-7-5-4-6-8-15/h4-10,13,20H,3,11-12,14H2,1-2H3. The van der Waals surface area contributed by atoms with Crippen molar-refractivity contribution in [2.24, 2.45) is 0 Å². The number of hydrogen-bond donors (Lipinski definition) is 1. The third-order valence-corrected chi connectivity index (χ3v) is 4.22. The van der Waals surface area contributed by atoms with E-state index >= 15 is 0 Å². The summed E-state index contributed by atoms with van der Waals surface area (Å²) >= 11 is 3.70. The van der Waals surface area contributed by atoms with Crippen molar-refractivity contribution >= 4 is 21.6 Å². The van der Waals surface area contributed by atoms with E-state index in [0.29, 0.717) is 0 Å². The molecule has 0 atom stereocenters. The number of halogens is 1. The van der Waals surface area contributed by atoms with E-state index in [1.165, 1.54) is 16.8 Å². The lowest BCUT2D eigenvalue weighted by atomic mass is 10.1. The Morgan fingerprint density at radius 1 is 1.05 bits per heavy atom.